The van der Waals surface area contributed by atoms with E-state index >= 15 is 0 Å². The molecule has 0 saturated heterocycles. The number of nitrogens with zero attached hydrogens (tertiary/aromatic N) is 1. The standard InChI is InChI=1S/C14H16Br2N2OS/c1-2-19-14-10(7-11(15)8-12(14)16)9-17-4-3-13-18-5-6-20-13/h5-8,17H,2-4,9H2,1H3. The topological polar surface area (TPSA) is 34.1 Å². The van der Waals surface area contributed by atoms with Gasteiger partial charge in [0.2, 0.25) is 0 Å². The van der Waals surface area contributed by atoms with E-state index in [4.69, 9.17) is 4.74 Å². The molecule has 0 atom stereocenters. The van der Waals surface area contributed by atoms with Gasteiger partial charge >= 0.3 is 0 Å². The summed E-state index contributed by atoms with van der Waals surface area (Å²) in [6.07, 6.45) is 2.80. The molecule has 2 aromatic rings. The van der Waals surface area contributed by atoms with E-state index in [2.05, 4.69) is 48.2 Å². The molecule has 1 aromatic heterocycles. The Labute approximate surface area is 140 Å². The van der Waals surface area contributed by atoms with Crippen LogP contribution >= 0.6 is 43.2 Å². The molecule has 2 rings (SSSR count). The zero-order valence-corrected chi connectivity index (χ0v) is 15.1. The van der Waals surface area contributed by atoms with Crippen molar-refractivity contribution >= 4 is 43.2 Å². The number of hydrogen-bond donors (Lipinski definition) is 1. The van der Waals surface area contributed by atoms with Crippen LogP contribution < -0.4 is 10.1 Å². The van der Waals surface area contributed by atoms with Crippen molar-refractivity contribution in [2.45, 2.75) is 19.9 Å². The van der Waals surface area contributed by atoms with Crippen molar-refractivity contribution in [1.82, 2.24) is 10.3 Å². The summed E-state index contributed by atoms with van der Waals surface area (Å²) in [7, 11) is 0. The maximum atomic E-state index is 5.71. The van der Waals surface area contributed by atoms with Crippen LogP contribution in [0.25, 0.3) is 0 Å². The second-order valence-corrected chi connectivity index (χ2v) is 6.91. The number of aromatic nitrogens is 1. The summed E-state index contributed by atoms with van der Waals surface area (Å²) in [5, 5.41) is 6.61. The van der Waals surface area contributed by atoms with Crippen molar-refractivity contribution in [3.05, 3.63) is 43.2 Å². The largest absolute Gasteiger partial charge is 0.492 e. The van der Waals surface area contributed by atoms with Crippen molar-refractivity contribution in [3.8, 4) is 5.75 Å². The molecule has 0 aliphatic rings. The average molecular weight is 420 g/mol. The molecule has 0 unspecified atom stereocenters. The molecule has 6 heteroatoms. The lowest BCUT2D eigenvalue weighted by molar-refractivity contribution is 0.333. The van der Waals surface area contributed by atoms with Crippen molar-refractivity contribution in [1.29, 1.82) is 0 Å². The van der Waals surface area contributed by atoms with E-state index in [1.54, 1.807) is 11.3 Å². The minimum Gasteiger partial charge on any atom is -0.492 e. The van der Waals surface area contributed by atoms with Gasteiger partial charge in [0.1, 0.15) is 5.75 Å². The van der Waals surface area contributed by atoms with Gasteiger partial charge in [-0.05, 0) is 35.0 Å². The van der Waals surface area contributed by atoms with Gasteiger partial charge in [0.25, 0.3) is 0 Å². The summed E-state index contributed by atoms with van der Waals surface area (Å²) in [5.74, 6) is 0.914. The van der Waals surface area contributed by atoms with Crippen molar-refractivity contribution in [2.75, 3.05) is 13.2 Å². The Morgan fingerprint density at radius 3 is 2.90 bits per heavy atom. The van der Waals surface area contributed by atoms with Crippen LogP contribution in [0.3, 0.4) is 0 Å². The van der Waals surface area contributed by atoms with E-state index in [1.165, 1.54) is 0 Å². The van der Waals surface area contributed by atoms with Crippen molar-refractivity contribution < 1.29 is 4.74 Å². The number of hydrogen-bond acceptors (Lipinski definition) is 4. The molecule has 0 aliphatic heterocycles. The first-order chi connectivity index (χ1) is 9.70. The monoisotopic (exact) mass is 418 g/mol. The lowest BCUT2D eigenvalue weighted by atomic mass is 10.2. The SMILES string of the molecule is CCOc1c(Br)cc(Br)cc1CNCCc1nccs1. The van der Waals surface area contributed by atoms with Crippen LogP contribution in [-0.4, -0.2) is 18.1 Å². The molecule has 0 fully saturated rings. The highest BCUT2D eigenvalue weighted by atomic mass is 79.9. The van der Waals surface area contributed by atoms with Gasteiger partial charge in [0.15, 0.2) is 0 Å². The van der Waals surface area contributed by atoms with Gasteiger partial charge in [0, 0.05) is 41.1 Å². The molecule has 3 nitrogen and oxygen atoms in total. The minimum absolute atomic E-state index is 0.659. The predicted octanol–water partition coefficient (Wildman–Crippen LogP) is 4.40. The molecular formula is C14H16Br2N2OS. The fraction of sp³-hybridized carbons (Fsp3) is 0.357. The number of thiazole rings is 1. The Morgan fingerprint density at radius 1 is 1.35 bits per heavy atom. The fourth-order valence-corrected chi connectivity index (χ4v) is 3.89. The third kappa shape index (κ3) is 4.55. The molecule has 108 valence electrons. The highest BCUT2D eigenvalue weighted by Gasteiger charge is 2.09. The van der Waals surface area contributed by atoms with E-state index in [0.29, 0.717) is 6.61 Å². The molecule has 0 bridgehead atoms. The molecule has 20 heavy (non-hydrogen) atoms. The molecule has 0 radical (unpaired) electrons. The zero-order chi connectivity index (χ0) is 14.4. The maximum Gasteiger partial charge on any atom is 0.138 e. The first-order valence-corrected chi connectivity index (χ1v) is 8.87. The van der Waals surface area contributed by atoms with Crippen molar-refractivity contribution in [2.24, 2.45) is 0 Å². The molecule has 1 N–H and O–H groups in total. The molecule has 0 saturated carbocycles. The maximum absolute atomic E-state index is 5.71. The van der Waals surface area contributed by atoms with E-state index in [1.807, 2.05) is 24.6 Å². The molecule has 1 aromatic carbocycles. The fourth-order valence-electron chi connectivity index (χ4n) is 1.85. The van der Waals surface area contributed by atoms with Gasteiger partial charge < -0.3 is 10.1 Å². The zero-order valence-electron chi connectivity index (χ0n) is 11.2. The second-order valence-electron chi connectivity index (χ2n) is 4.16. The highest BCUT2D eigenvalue weighted by Crippen LogP contribution is 2.32. The molecule has 0 spiro atoms. The van der Waals surface area contributed by atoms with Crippen LogP contribution in [-0.2, 0) is 13.0 Å². The predicted molar refractivity (Wildman–Crippen MR) is 90.5 cm³/mol. The van der Waals surface area contributed by atoms with E-state index in [0.717, 1.165) is 44.8 Å². The quantitative estimate of drug-likeness (QED) is 0.675. The van der Waals surface area contributed by atoms with Gasteiger partial charge in [-0.1, -0.05) is 15.9 Å². The summed E-state index contributed by atoms with van der Waals surface area (Å²) < 4.78 is 7.73. The third-order valence-electron chi connectivity index (χ3n) is 2.69. The van der Waals surface area contributed by atoms with Crippen LogP contribution in [0.1, 0.15) is 17.5 Å². The first kappa shape index (κ1) is 15.9. The third-order valence-corrected chi connectivity index (χ3v) is 4.57. The highest BCUT2D eigenvalue weighted by molar-refractivity contribution is 9.11. The van der Waals surface area contributed by atoms with E-state index in [9.17, 15) is 0 Å². The summed E-state index contributed by atoms with van der Waals surface area (Å²) in [6, 6.07) is 4.09. The second kappa shape index (κ2) is 8.12. The number of nitrogens with one attached hydrogen (secondary N) is 1. The van der Waals surface area contributed by atoms with E-state index < -0.39 is 0 Å². The summed E-state index contributed by atoms with van der Waals surface area (Å²) in [4.78, 5) is 4.27. The van der Waals surface area contributed by atoms with Gasteiger partial charge in [-0.25, -0.2) is 4.98 Å². The van der Waals surface area contributed by atoms with Crippen LogP contribution in [0.4, 0.5) is 0 Å². The smallest absolute Gasteiger partial charge is 0.138 e. The van der Waals surface area contributed by atoms with Gasteiger partial charge in [0.05, 0.1) is 16.1 Å². The Bertz CT molecular complexity index is 546. The Morgan fingerprint density at radius 2 is 2.20 bits per heavy atom. The number of benzene rings is 1. The number of rotatable bonds is 7. The average Bonchev–Trinajstić information content (AvgIpc) is 2.91. The number of halogens is 2. The molecule has 0 aliphatic carbocycles. The van der Waals surface area contributed by atoms with E-state index in [-0.39, 0.29) is 0 Å². The minimum atomic E-state index is 0.659. The van der Waals surface area contributed by atoms with Crippen LogP contribution in [0, 0.1) is 0 Å². The summed E-state index contributed by atoms with van der Waals surface area (Å²) in [5.41, 5.74) is 1.15. The van der Waals surface area contributed by atoms with Gasteiger partial charge in [-0.15, -0.1) is 11.3 Å². The lowest BCUT2D eigenvalue weighted by Crippen LogP contribution is -2.17. The Kier molecular flexibility index (Phi) is 6.48. The summed E-state index contributed by atoms with van der Waals surface area (Å²) in [6.45, 7) is 4.34. The van der Waals surface area contributed by atoms with Crippen LogP contribution in [0.2, 0.25) is 0 Å². The van der Waals surface area contributed by atoms with Gasteiger partial charge in [-0.3, -0.25) is 0 Å². The number of ether oxygens (including phenoxy) is 1. The molecule has 0 amide bonds. The van der Waals surface area contributed by atoms with Crippen LogP contribution in [0.5, 0.6) is 5.75 Å². The van der Waals surface area contributed by atoms with Crippen LogP contribution in [0.15, 0.2) is 32.7 Å². The molecular weight excluding hydrogens is 404 g/mol. The molecule has 1 heterocycles. The summed E-state index contributed by atoms with van der Waals surface area (Å²) >= 11 is 8.76. The lowest BCUT2D eigenvalue weighted by Gasteiger charge is -2.13. The first-order valence-electron chi connectivity index (χ1n) is 6.40. The normalized spacial score (nSPS) is 10.8. The Hall–Kier alpha value is -0.430. The van der Waals surface area contributed by atoms with Crippen molar-refractivity contribution in [3.63, 3.8) is 0 Å². The van der Waals surface area contributed by atoms with Gasteiger partial charge in [-0.2, -0.15) is 0 Å². The Balaban J connectivity index is 1.94.